The highest BCUT2D eigenvalue weighted by Crippen LogP contribution is 2.39. The fourth-order valence-electron chi connectivity index (χ4n) is 3.08. The van der Waals surface area contributed by atoms with Crippen molar-refractivity contribution in [2.45, 2.75) is 12.8 Å². The van der Waals surface area contributed by atoms with E-state index in [0.717, 1.165) is 11.1 Å². The highest BCUT2D eigenvalue weighted by molar-refractivity contribution is 7.07. The highest BCUT2D eigenvalue weighted by Gasteiger charge is 2.52. The molecule has 0 spiro atoms. The van der Waals surface area contributed by atoms with E-state index in [1.807, 2.05) is 11.4 Å². The number of nitrogens with zero attached hydrogens (tertiary/aromatic N) is 1. The van der Waals surface area contributed by atoms with Crippen LogP contribution in [0, 0.1) is 5.41 Å². The average molecular weight is 371 g/mol. The van der Waals surface area contributed by atoms with Crippen molar-refractivity contribution in [1.29, 1.82) is 0 Å². The number of rotatable bonds is 3. The molecule has 1 aliphatic carbocycles. The Bertz CT molecular complexity index is 916. The predicted octanol–water partition coefficient (Wildman–Crippen LogP) is 1.92. The molecular formula is C19H17NO5S. The molecule has 1 amide bonds. The van der Waals surface area contributed by atoms with Crippen molar-refractivity contribution in [2.24, 2.45) is 10.4 Å². The van der Waals surface area contributed by atoms with Crippen molar-refractivity contribution in [1.82, 2.24) is 0 Å². The van der Waals surface area contributed by atoms with Crippen molar-refractivity contribution in [2.75, 3.05) is 14.2 Å². The molecule has 0 atom stereocenters. The van der Waals surface area contributed by atoms with Crippen LogP contribution >= 0.6 is 11.3 Å². The van der Waals surface area contributed by atoms with Gasteiger partial charge in [-0.15, -0.1) is 11.3 Å². The monoisotopic (exact) mass is 371 g/mol. The number of amides is 1. The number of benzene rings is 1. The normalized spacial score (nSPS) is 15.2. The van der Waals surface area contributed by atoms with Crippen LogP contribution < -0.4 is 4.67 Å². The molecule has 1 heterocycles. The molecule has 0 aliphatic heterocycles. The molecule has 6 nitrogen and oxygen atoms in total. The maximum absolute atomic E-state index is 12.3. The zero-order valence-electron chi connectivity index (χ0n) is 14.4. The molecule has 1 aromatic carbocycles. The van der Waals surface area contributed by atoms with E-state index in [1.165, 1.54) is 25.6 Å². The summed E-state index contributed by atoms with van der Waals surface area (Å²) in [4.78, 5) is 40.9. The zero-order valence-corrected chi connectivity index (χ0v) is 15.2. The summed E-state index contributed by atoms with van der Waals surface area (Å²) in [6, 6.07) is 10.5. The second-order valence-electron chi connectivity index (χ2n) is 5.97. The Morgan fingerprint density at radius 2 is 1.62 bits per heavy atom. The van der Waals surface area contributed by atoms with E-state index in [4.69, 9.17) is 9.47 Å². The van der Waals surface area contributed by atoms with Crippen LogP contribution in [-0.4, -0.2) is 32.1 Å². The summed E-state index contributed by atoms with van der Waals surface area (Å²) in [7, 11) is 2.50. The second-order valence-corrected chi connectivity index (χ2v) is 6.86. The van der Waals surface area contributed by atoms with Crippen LogP contribution in [-0.2, 0) is 31.9 Å². The molecule has 0 bridgehead atoms. The zero-order chi connectivity index (χ0) is 18.7. The standard InChI is InChI=1S/C19H17NO5S/c1-24-17(22)19(18(23)25-2)9-13-8-15(26-11-14(13)10-19)20-16(21)12-6-4-3-5-7-12/h3-8,11H,9-10H2,1-2H3. The highest BCUT2D eigenvalue weighted by atomic mass is 32.1. The Morgan fingerprint density at radius 3 is 2.23 bits per heavy atom. The lowest BCUT2D eigenvalue weighted by Gasteiger charge is -2.22. The van der Waals surface area contributed by atoms with Crippen LogP contribution in [0.2, 0.25) is 0 Å². The largest absolute Gasteiger partial charge is 0.468 e. The number of carbonyl (C=O) groups excluding carboxylic acids is 3. The lowest BCUT2D eigenvalue weighted by Crippen LogP contribution is -2.42. The van der Waals surface area contributed by atoms with E-state index in [2.05, 4.69) is 4.99 Å². The van der Waals surface area contributed by atoms with Gasteiger partial charge in [-0.1, -0.05) is 18.2 Å². The topological polar surface area (TPSA) is 82.0 Å². The van der Waals surface area contributed by atoms with Crippen molar-refractivity contribution in [3.8, 4) is 0 Å². The first kappa shape index (κ1) is 18.0. The molecule has 1 aromatic heterocycles. The summed E-state index contributed by atoms with van der Waals surface area (Å²) >= 11 is 1.29. The summed E-state index contributed by atoms with van der Waals surface area (Å²) < 4.78 is 10.2. The number of carbonyl (C=O) groups is 3. The van der Waals surface area contributed by atoms with Gasteiger partial charge in [0.25, 0.3) is 5.91 Å². The van der Waals surface area contributed by atoms with Gasteiger partial charge in [0.2, 0.25) is 0 Å². The molecular weight excluding hydrogens is 354 g/mol. The molecule has 26 heavy (non-hydrogen) atoms. The molecule has 3 rings (SSSR count). The van der Waals surface area contributed by atoms with Crippen LogP contribution in [0.25, 0.3) is 0 Å². The second kappa shape index (κ2) is 7.21. The van der Waals surface area contributed by atoms with Crippen LogP contribution in [0.5, 0.6) is 0 Å². The minimum absolute atomic E-state index is 0.164. The third-order valence-corrected chi connectivity index (χ3v) is 5.25. The molecule has 2 aromatic rings. The van der Waals surface area contributed by atoms with Crippen LogP contribution in [0.1, 0.15) is 21.5 Å². The Labute approximate surface area is 154 Å². The fraction of sp³-hybridized carbons (Fsp3) is 0.263. The number of hydrogen-bond acceptors (Lipinski definition) is 6. The SMILES string of the molecule is COC(=O)C1(C(=O)OC)Cc2csc(=NC(=O)c3ccccc3)cc2C1. The summed E-state index contributed by atoms with van der Waals surface area (Å²) in [5, 5.41) is 1.82. The van der Waals surface area contributed by atoms with E-state index >= 15 is 0 Å². The molecule has 0 saturated carbocycles. The van der Waals surface area contributed by atoms with Crippen molar-refractivity contribution in [3.63, 3.8) is 0 Å². The number of fused-ring (bicyclic) bond motifs is 1. The fourth-order valence-corrected chi connectivity index (χ4v) is 3.93. The van der Waals surface area contributed by atoms with E-state index in [0.29, 0.717) is 10.2 Å². The van der Waals surface area contributed by atoms with Gasteiger partial charge >= 0.3 is 11.9 Å². The lowest BCUT2D eigenvalue weighted by atomic mass is 9.85. The average Bonchev–Trinajstić information content (AvgIpc) is 3.07. The molecule has 0 fully saturated rings. The van der Waals surface area contributed by atoms with Gasteiger partial charge in [-0.25, -0.2) is 0 Å². The maximum Gasteiger partial charge on any atom is 0.323 e. The van der Waals surface area contributed by atoms with Gasteiger partial charge in [-0.3, -0.25) is 14.4 Å². The summed E-state index contributed by atoms with van der Waals surface area (Å²) in [5.74, 6) is -1.58. The summed E-state index contributed by atoms with van der Waals surface area (Å²) in [6.45, 7) is 0. The van der Waals surface area contributed by atoms with Gasteiger partial charge in [0.1, 0.15) is 4.67 Å². The molecule has 1 aliphatic rings. The first-order valence-corrected chi connectivity index (χ1v) is 8.79. The van der Waals surface area contributed by atoms with Crippen LogP contribution in [0.15, 0.2) is 46.8 Å². The molecule has 0 unspecified atom stereocenters. The number of hydrogen-bond donors (Lipinski definition) is 0. The Morgan fingerprint density at radius 1 is 1.00 bits per heavy atom. The van der Waals surface area contributed by atoms with Crippen molar-refractivity contribution < 1.29 is 23.9 Å². The third kappa shape index (κ3) is 3.17. The smallest absolute Gasteiger partial charge is 0.323 e. The van der Waals surface area contributed by atoms with Crippen LogP contribution in [0.3, 0.4) is 0 Å². The maximum atomic E-state index is 12.3. The van der Waals surface area contributed by atoms with Crippen molar-refractivity contribution >= 4 is 29.2 Å². The summed E-state index contributed by atoms with van der Waals surface area (Å²) in [6.07, 6.45) is 0.377. The Balaban J connectivity index is 1.95. The number of methoxy groups -OCH3 is 2. The van der Waals surface area contributed by atoms with Gasteiger partial charge < -0.3 is 9.47 Å². The predicted molar refractivity (Wildman–Crippen MR) is 94.5 cm³/mol. The Hall–Kier alpha value is -2.80. The lowest BCUT2D eigenvalue weighted by molar-refractivity contribution is -0.168. The van der Waals surface area contributed by atoms with Gasteiger partial charge in [0.05, 0.1) is 14.2 Å². The van der Waals surface area contributed by atoms with E-state index in [1.54, 1.807) is 30.3 Å². The molecule has 0 N–H and O–H groups in total. The molecule has 134 valence electrons. The quantitative estimate of drug-likeness (QED) is 0.608. The van der Waals surface area contributed by atoms with E-state index in [9.17, 15) is 14.4 Å². The van der Waals surface area contributed by atoms with Gasteiger partial charge in [-0.05, 0) is 41.1 Å². The first-order chi connectivity index (χ1) is 12.5. The van der Waals surface area contributed by atoms with Gasteiger partial charge in [-0.2, -0.15) is 4.99 Å². The molecule has 0 radical (unpaired) electrons. The summed E-state index contributed by atoms with van der Waals surface area (Å²) in [5.41, 5.74) is 0.774. The minimum Gasteiger partial charge on any atom is -0.468 e. The van der Waals surface area contributed by atoms with Gasteiger partial charge in [0.15, 0.2) is 5.41 Å². The minimum atomic E-state index is -1.37. The first-order valence-electron chi connectivity index (χ1n) is 7.92. The number of esters is 2. The number of ether oxygens (including phenoxy) is 2. The molecule has 7 heteroatoms. The van der Waals surface area contributed by atoms with Gasteiger partial charge in [0, 0.05) is 12.0 Å². The van der Waals surface area contributed by atoms with Crippen molar-refractivity contribution in [3.05, 3.63) is 63.1 Å². The third-order valence-electron chi connectivity index (χ3n) is 4.40. The van der Waals surface area contributed by atoms with E-state index < -0.39 is 17.4 Å². The molecule has 0 saturated heterocycles. The Kier molecular flexibility index (Phi) is 4.99. The van der Waals surface area contributed by atoms with E-state index in [-0.39, 0.29) is 18.7 Å². The van der Waals surface area contributed by atoms with Crippen LogP contribution in [0.4, 0.5) is 0 Å².